The number of nitrogens with zero attached hydrogens (tertiary/aromatic N) is 1. The van der Waals surface area contributed by atoms with Crippen LogP contribution in [0, 0.1) is 0 Å². The van der Waals surface area contributed by atoms with Crippen LogP contribution in [0.4, 0.5) is 4.79 Å². The Bertz CT molecular complexity index is 570. The summed E-state index contributed by atoms with van der Waals surface area (Å²) in [6, 6.07) is 0.415. The summed E-state index contributed by atoms with van der Waals surface area (Å²) in [6.45, 7) is 0.135. The summed E-state index contributed by atoms with van der Waals surface area (Å²) in [5.41, 5.74) is 0. The van der Waals surface area contributed by atoms with Crippen LogP contribution in [0.5, 0.6) is 0 Å². The summed E-state index contributed by atoms with van der Waals surface area (Å²) in [6.07, 6.45) is 4.00. The third kappa shape index (κ3) is 4.67. The maximum Gasteiger partial charge on any atom is 0.358 e. The molecule has 26 heavy (non-hydrogen) atoms. The molecule has 3 aliphatic rings. The molecular weight excluding hydrogens is 362 g/mol. The van der Waals surface area contributed by atoms with Gasteiger partial charge >= 0.3 is 12.0 Å². The van der Waals surface area contributed by atoms with Crippen molar-refractivity contribution in [3.05, 3.63) is 0 Å². The molecule has 3 rings (SSSR count). The number of carbonyl (C=O) groups is 4. The first-order valence-electron chi connectivity index (χ1n) is 8.87. The van der Waals surface area contributed by atoms with Gasteiger partial charge in [-0.25, -0.2) is 9.59 Å². The molecule has 0 bridgehead atoms. The predicted octanol–water partition coefficient (Wildman–Crippen LogP) is 0.336. The first kappa shape index (κ1) is 19.0. The fourth-order valence-corrected chi connectivity index (χ4v) is 4.85. The molecule has 0 radical (unpaired) electrons. The quantitative estimate of drug-likeness (QED) is 0.334. The molecule has 3 aliphatic heterocycles. The van der Waals surface area contributed by atoms with E-state index in [0.29, 0.717) is 16.9 Å². The van der Waals surface area contributed by atoms with E-state index in [4.69, 9.17) is 9.57 Å². The van der Waals surface area contributed by atoms with Crippen molar-refractivity contribution in [1.29, 1.82) is 0 Å². The molecule has 144 valence electrons. The molecule has 4 amide bonds. The summed E-state index contributed by atoms with van der Waals surface area (Å²) in [4.78, 5) is 50.2. The monoisotopic (exact) mass is 385 g/mol. The molecule has 3 saturated heterocycles. The normalized spacial score (nSPS) is 27.5. The molecule has 3 heterocycles. The molecule has 0 aromatic rings. The van der Waals surface area contributed by atoms with Crippen LogP contribution in [-0.2, 0) is 24.0 Å². The lowest BCUT2D eigenvalue weighted by molar-refractivity contribution is -0.200. The molecule has 0 aliphatic carbocycles. The van der Waals surface area contributed by atoms with Crippen LogP contribution in [0.3, 0.4) is 0 Å². The number of nitrogens with one attached hydrogen (secondary N) is 2. The number of amides is 4. The Labute approximate surface area is 155 Å². The standard InChI is InChI=1S/C16H23N3O6S/c20-12-5-6-13(21)19(12)25-14(22)8-24-7-3-1-2-4-11-15-10(9-26-11)17-16(23)18-15/h10-11,15H,1-9H2,(H2,17,18,23). The Hall–Kier alpha value is -1.81. The van der Waals surface area contributed by atoms with E-state index in [1.165, 1.54) is 0 Å². The number of thioether (sulfide) groups is 1. The number of carbonyl (C=O) groups excluding carboxylic acids is 4. The highest BCUT2D eigenvalue weighted by Gasteiger charge is 2.42. The zero-order chi connectivity index (χ0) is 18.5. The van der Waals surface area contributed by atoms with Gasteiger partial charge in [0.15, 0.2) is 0 Å². The predicted molar refractivity (Wildman–Crippen MR) is 92.0 cm³/mol. The van der Waals surface area contributed by atoms with Crippen molar-refractivity contribution < 1.29 is 28.8 Å². The van der Waals surface area contributed by atoms with Gasteiger partial charge in [-0.1, -0.05) is 12.8 Å². The molecule has 2 N–H and O–H groups in total. The SMILES string of the molecule is O=C1NC2CSC(CCCCCOCC(=O)ON3C(=O)CCC3=O)C2N1. The Balaban J connectivity index is 1.21. The fraction of sp³-hybridized carbons (Fsp3) is 0.750. The van der Waals surface area contributed by atoms with E-state index >= 15 is 0 Å². The number of hydrogen-bond donors (Lipinski definition) is 2. The molecular formula is C16H23N3O6S. The van der Waals surface area contributed by atoms with E-state index < -0.39 is 17.8 Å². The second-order valence-corrected chi connectivity index (χ2v) is 7.84. The summed E-state index contributed by atoms with van der Waals surface area (Å²) >= 11 is 1.89. The summed E-state index contributed by atoms with van der Waals surface area (Å²) in [5, 5.41) is 6.87. The Kier molecular flexibility index (Phi) is 6.36. The van der Waals surface area contributed by atoms with Crippen molar-refractivity contribution in [3.8, 4) is 0 Å². The molecule has 0 saturated carbocycles. The third-order valence-electron chi connectivity index (χ3n) is 4.63. The van der Waals surface area contributed by atoms with E-state index in [-0.39, 0.29) is 37.6 Å². The largest absolute Gasteiger partial charge is 0.370 e. The molecule has 3 fully saturated rings. The van der Waals surface area contributed by atoms with Crippen molar-refractivity contribution in [1.82, 2.24) is 15.7 Å². The fourth-order valence-electron chi connectivity index (χ4n) is 3.31. The average Bonchev–Trinajstić information content (AvgIpc) is 3.24. The van der Waals surface area contributed by atoms with Gasteiger partial charge in [0.2, 0.25) is 0 Å². The van der Waals surface area contributed by atoms with E-state index in [1.54, 1.807) is 0 Å². The summed E-state index contributed by atoms with van der Waals surface area (Å²) in [7, 11) is 0. The Morgan fingerprint density at radius 2 is 1.88 bits per heavy atom. The van der Waals surface area contributed by atoms with Crippen LogP contribution >= 0.6 is 11.8 Å². The van der Waals surface area contributed by atoms with Gasteiger partial charge in [0.25, 0.3) is 11.8 Å². The van der Waals surface area contributed by atoms with Gasteiger partial charge in [0.05, 0.1) is 12.1 Å². The van der Waals surface area contributed by atoms with Crippen LogP contribution in [0.1, 0.15) is 38.5 Å². The minimum Gasteiger partial charge on any atom is -0.370 e. The highest BCUT2D eigenvalue weighted by molar-refractivity contribution is 8.00. The van der Waals surface area contributed by atoms with Crippen LogP contribution in [-0.4, -0.2) is 65.2 Å². The number of imide groups is 1. The van der Waals surface area contributed by atoms with Crippen LogP contribution in [0.25, 0.3) is 0 Å². The lowest BCUT2D eigenvalue weighted by Crippen LogP contribution is -2.36. The maximum absolute atomic E-state index is 11.5. The van der Waals surface area contributed by atoms with E-state index in [9.17, 15) is 19.2 Å². The lowest BCUT2D eigenvalue weighted by Gasteiger charge is -2.16. The van der Waals surface area contributed by atoms with Crippen LogP contribution in [0.2, 0.25) is 0 Å². The number of hydrogen-bond acceptors (Lipinski definition) is 7. The van der Waals surface area contributed by atoms with Crippen molar-refractivity contribution in [2.24, 2.45) is 0 Å². The van der Waals surface area contributed by atoms with E-state index in [0.717, 1.165) is 31.4 Å². The number of rotatable bonds is 9. The second-order valence-electron chi connectivity index (χ2n) is 6.57. The van der Waals surface area contributed by atoms with Crippen molar-refractivity contribution in [2.45, 2.75) is 55.9 Å². The van der Waals surface area contributed by atoms with Gasteiger partial charge in [0, 0.05) is 30.5 Å². The molecule has 3 unspecified atom stereocenters. The zero-order valence-corrected chi connectivity index (χ0v) is 15.2. The zero-order valence-electron chi connectivity index (χ0n) is 14.4. The number of fused-ring (bicyclic) bond motifs is 1. The maximum atomic E-state index is 11.5. The first-order chi connectivity index (χ1) is 12.5. The van der Waals surface area contributed by atoms with Crippen molar-refractivity contribution in [2.75, 3.05) is 19.0 Å². The number of hydroxylamine groups is 2. The molecule has 9 nitrogen and oxygen atoms in total. The Morgan fingerprint density at radius 1 is 1.12 bits per heavy atom. The molecule has 0 spiro atoms. The minimum atomic E-state index is -0.744. The first-order valence-corrected chi connectivity index (χ1v) is 9.92. The van der Waals surface area contributed by atoms with Gasteiger partial charge < -0.3 is 20.2 Å². The number of ether oxygens (including phenoxy) is 1. The van der Waals surface area contributed by atoms with Crippen molar-refractivity contribution >= 4 is 35.6 Å². The summed E-state index contributed by atoms with van der Waals surface area (Å²) in [5.74, 6) is -0.777. The topological polar surface area (TPSA) is 114 Å². The second kappa shape index (κ2) is 8.72. The van der Waals surface area contributed by atoms with Gasteiger partial charge in [0.1, 0.15) is 6.61 Å². The van der Waals surface area contributed by atoms with E-state index in [1.807, 2.05) is 11.8 Å². The smallest absolute Gasteiger partial charge is 0.358 e. The Morgan fingerprint density at radius 3 is 2.65 bits per heavy atom. The lowest BCUT2D eigenvalue weighted by atomic mass is 10.0. The summed E-state index contributed by atoms with van der Waals surface area (Å²) < 4.78 is 5.24. The van der Waals surface area contributed by atoms with Crippen LogP contribution in [0.15, 0.2) is 0 Å². The number of unbranched alkanes of at least 4 members (excludes halogenated alkanes) is 2. The van der Waals surface area contributed by atoms with Crippen molar-refractivity contribution in [3.63, 3.8) is 0 Å². The molecule has 10 heteroatoms. The van der Waals surface area contributed by atoms with Gasteiger partial charge in [-0.15, -0.1) is 5.06 Å². The van der Waals surface area contributed by atoms with Gasteiger partial charge in [-0.2, -0.15) is 11.8 Å². The highest BCUT2D eigenvalue weighted by Crippen LogP contribution is 2.33. The third-order valence-corrected chi connectivity index (χ3v) is 6.14. The number of urea groups is 1. The highest BCUT2D eigenvalue weighted by atomic mass is 32.2. The van der Waals surface area contributed by atoms with E-state index in [2.05, 4.69) is 10.6 Å². The van der Waals surface area contributed by atoms with Gasteiger partial charge in [-0.3, -0.25) is 9.59 Å². The minimum absolute atomic E-state index is 0.0667. The molecule has 0 aromatic carbocycles. The van der Waals surface area contributed by atoms with Crippen LogP contribution < -0.4 is 10.6 Å². The molecule has 3 atom stereocenters. The molecule has 0 aromatic heterocycles. The van der Waals surface area contributed by atoms with Gasteiger partial charge in [-0.05, 0) is 12.8 Å². The average molecular weight is 385 g/mol.